The summed E-state index contributed by atoms with van der Waals surface area (Å²) in [6.45, 7) is 2.26. The predicted octanol–water partition coefficient (Wildman–Crippen LogP) is 4.62. The Bertz CT molecular complexity index is 520. The van der Waals surface area contributed by atoms with Crippen LogP contribution in [-0.4, -0.2) is 30.3 Å². The van der Waals surface area contributed by atoms with E-state index in [-0.39, 0.29) is 11.3 Å². The number of benzene rings is 1. The second kappa shape index (κ2) is 6.68. The number of rotatable bonds is 4. The van der Waals surface area contributed by atoms with Gasteiger partial charge in [-0.1, -0.05) is 30.1 Å². The third kappa shape index (κ3) is 3.61. The molecule has 4 heteroatoms. The van der Waals surface area contributed by atoms with E-state index in [0.29, 0.717) is 22.4 Å². The van der Waals surface area contributed by atoms with Gasteiger partial charge in [0, 0.05) is 16.5 Å². The summed E-state index contributed by atoms with van der Waals surface area (Å²) in [4.78, 5) is 15.1. The minimum absolute atomic E-state index is 0.253. The normalized spacial score (nSPS) is 26.1. The number of hydrogen-bond donors (Lipinski definition) is 0. The summed E-state index contributed by atoms with van der Waals surface area (Å²) < 4.78 is 0. The zero-order chi connectivity index (χ0) is 15.6. The molecule has 0 spiro atoms. The highest BCUT2D eigenvalue weighted by Gasteiger charge is 2.42. The van der Waals surface area contributed by atoms with Gasteiger partial charge in [-0.3, -0.25) is 9.69 Å². The van der Waals surface area contributed by atoms with Crippen molar-refractivity contribution in [3.63, 3.8) is 0 Å². The summed E-state index contributed by atoms with van der Waals surface area (Å²) in [5.41, 5.74) is 0.479. The van der Waals surface area contributed by atoms with Gasteiger partial charge in [0.1, 0.15) is 0 Å². The monoisotopic (exact) mass is 327 g/mol. The summed E-state index contributed by atoms with van der Waals surface area (Å²) in [7, 11) is 4.01. The van der Waals surface area contributed by atoms with Crippen LogP contribution in [0.3, 0.4) is 0 Å². The third-order valence-corrected chi connectivity index (χ3v) is 5.44. The predicted molar refractivity (Wildman–Crippen MR) is 89.2 cm³/mol. The van der Waals surface area contributed by atoms with Gasteiger partial charge in [-0.25, -0.2) is 0 Å². The lowest BCUT2D eigenvalue weighted by atomic mass is 9.72. The first-order chi connectivity index (χ1) is 9.85. The number of likely N-dealkylation sites (N-methyl/N-ethyl adjacent to an activating group) is 1. The van der Waals surface area contributed by atoms with Crippen molar-refractivity contribution in [3.05, 3.63) is 33.8 Å². The molecular formula is C17H23Cl2NO. The Hall–Kier alpha value is -0.570. The molecule has 1 aliphatic rings. The van der Waals surface area contributed by atoms with Crippen molar-refractivity contribution in [2.75, 3.05) is 14.1 Å². The van der Waals surface area contributed by atoms with Gasteiger partial charge in [0.2, 0.25) is 0 Å². The molecule has 0 aromatic heterocycles. The number of halogens is 2. The summed E-state index contributed by atoms with van der Waals surface area (Å²) >= 11 is 12.2. The Labute approximate surface area is 137 Å². The van der Waals surface area contributed by atoms with Crippen molar-refractivity contribution in [1.29, 1.82) is 0 Å². The van der Waals surface area contributed by atoms with Crippen LogP contribution < -0.4 is 0 Å². The number of ketones is 1. The lowest BCUT2D eigenvalue weighted by Crippen LogP contribution is -2.53. The molecule has 0 amide bonds. The minimum Gasteiger partial charge on any atom is -0.297 e. The number of carbonyl (C=O) groups is 1. The molecule has 2 nitrogen and oxygen atoms in total. The van der Waals surface area contributed by atoms with Crippen LogP contribution in [0.5, 0.6) is 0 Å². The van der Waals surface area contributed by atoms with E-state index >= 15 is 0 Å². The Morgan fingerprint density at radius 1 is 1.29 bits per heavy atom. The van der Waals surface area contributed by atoms with Crippen LogP contribution in [-0.2, 0) is 11.2 Å². The summed E-state index contributed by atoms with van der Waals surface area (Å²) in [6.07, 6.45) is 4.42. The molecular weight excluding hydrogens is 305 g/mol. The first-order valence-corrected chi connectivity index (χ1v) is 8.25. The molecule has 1 aliphatic carbocycles. The van der Waals surface area contributed by atoms with Gasteiger partial charge < -0.3 is 0 Å². The molecule has 0 N–H and O–H groups in total. The molecule has 0 saturated heterocycles. The second-order valence-corrected chi connectivity index (χ2v) is 7.29. The highest BCUT2D eigenvalue weighted by atomic mass is 35.5. The maximum Gasteiger partial charge on any atom is 0.157 e. The molecule has 1 fully saturated rings. The topological polar surface area (TPSA) is 20.3 Å². The molecule has 116 valence electrons. The number of Topliss-reactive ketones (excluding diaryl/α,β-unsaturated/α-hetero) is 1. The third-order valence-electron chi connectivity index (χ3n) is 4.84. The van der Waals surface area contributed by atoms with Crippen molar-refractivity contribution >= 4 is 29.0 Å². The highest BCUT2D eigenvalue weighted by Crippen LogP contribution is 2.37. The first kappa shape index (κ1) is 16.8. The number of hydrogen-bond acceptors (Lipinski definition) is 2. The summed E-state index contributed by atoms with van der Waals surface area (Å²) in [6, 6.07) is 5.32. The van der Waals surface area contributed by atoms with E-state index in [1.165, 1.54) is 0 Å². The Morgan fingerprint density at radius 3 is 2.48 bits per heavy atom. The van der Waals surface area contributed by atoms with Crippen molar-refractivity contribution in [3.8, 4) is 0 Å². The van der Waals surface area contributed by atoms with Gasteiger partial charge in [0.15, 0.2) is 5.78 Å². The van der Waals surface area contributed by atoms with Crippen molar-refractivity contribution in [2.24, 2.45) is 5.92 Å². The number of nitrogens with zero attached hydrogens (tertiary/aromatic N) is 1. The fourth-order valence-corrected chi connectivity index (χ4v) is 3.61. The highest BCUT2D eigenvalue weighted by molar-refractivity contribution is 6.33. The lowest BCUT2D eigenvalue weighted by molar-refractivity contribution is -0.131. The average molecular weight is 328 g/mol. The maximum atomic E-state index is 13.0. The molecule has 0 radical (unpaired) electrons. The van der Waals surface area contributed by atoms with E-state index in [1.807, 2.05) is 14.1 Å². The fraction of sp³-hybridized carbons (Fsp3) is 0.588. The molecule has 0 aliphatic heterocycles. The fourth-order valence-electron chi connectivity index (χ4n) is 3.23. The second-order valence-electron chi connectivity index (χ2n) is 6.44. The molecule has 2 rings (SSSR count). The standard InChI is InChI=1S/C17H23Cl2NO/c1-12-6-8-17(9-7-12,20(2)3)16(21)11-13-10-14(18)4-5-15(13)19/h4-5,10,12H,6-9,11H2,1-3H3. The van der Waals surface area contributed by atoms with Crippen LogP contribution in [0.15, 0.2) is 18.2 Å². The van der Waals surface area contributed by atoms with Crippen molar-refractivity contribution < 1.29 is 4.79 Å². The Balaban J connectivity index is 2.22. The van der Waals surface area contributed by atoms with Crippen molar-refractivity contribution in [2.45, 2.75) is 44.6 Å². The lowest BCUT2D eigenvalue weighted by Gasteiger charge is -2.43. The molecule has 21 heavy (non-hydrogen) atoms. The van der Waals surface area contributed by atoms with Gasteiger partial charge in [0.25, 0.3) is 0 Å². The Morgan fingerprint density at radius 2 is 1.90 bits per heavy atom. The molecule has 1 aromatic rings. The van der Waals surface area contributed by atoms with E-state index in [0.717, 1.165) is 31.2 Å². The summed E-state index contributed by atoms with van der Waals surface area (Å²) in [5.74, 6) is 0.962. The minimum atomic E-state index is -0.349. The largest absolute Gasteiger partial charge is 0.297 e. The zero-order valence-corrected chi connectivity index (χ0v) is 14.5. The van der Waals surface area contributed by atoms with Gasteiger partial charge in [-0.15, -0.1) is 0 Å². The van der Waals surface area contributed by atoms with Crippen LogP contribution in [0.4, 0.5) is 0 Å². The molecule has 1 saturated carbocycles. The van der Waals surface area contributed by atoms with E-state index in [4.69, 9.17) is 23.2 Å². The van der Waals surface area contributed by atoms with Crippen LogP contribution in [0.2, 0.25) is 10.0 Å². The molecule has 0 unspecified atom stereocenters. The molecule has 0 atom stereocenters. The quantitative estimate of drug-likeness (QED) is 0.804. The van der Waals surface area contributed by atoms with Gasteiger partial charge in [-0.2, -0.15) is 0 Å². The van der Waals surface area contributed by atoms with E-state index in [2.05, 4.69) is 11.8 Å². The summed E-state index contributed by atoms with van der Waals surface area (Å²) in [5, 5.41) is 1.24. The first-order valence-electron chi connectivity index (χ1n) is 7.50. The number of carbonyl (C=O) groups excluding carboxylic acids is 1. The Kier molecular flexibility index (Phi) is 5.34. The molecule has 0 heterocycles. The zero-order valence-electron chi connectivity index (χ0n) is 13.0. The van der Waals surface area contributed by atoms with Gasteiger partial charge in [0.05, 0.1) is 5.54 Å². The smallest absolute Gasteiger partial charge is 0.157 e. The van der Waals surface area contributed by atoms with Gasteiger partial charge in [-0.05, 0) is 69.5 Å². The van der Waals surface area contributed by atoms with Crippen LogP contribution >= 0.6 is 23.2 Å². The van der Waals surface area contributed by atoms with E-state index < -0.39 is 0 Å². The van der Waals surface area contributed by atoms with E-state index in [1.54, 1.807) is 18.2 Å². The van der Waals surface area contributed by atoms with Crippen molar-refractivity contribution in [1.82, 2.24) is 4.90 Å². The van der Waals surface area contributed by atoms with Crippen LogP contribution in [0.25, 0.3) is 0 Å². The van der Waals surface area contributed by atoms with Gasteiger partial charge >= 0.3 is 0 Å². The molecule has 0 bridgehead atoms. The molecule has 1 aromatic carbocycles. The van der Waals surface area contributed by atoms with E-state index in [9.17, 15) is 4.79 Å². The average Bonchev–Trinajstić information content (AvgIpc) is 2.43. The van der Waals surface area contributed by atoms with Crippen LogP contribution in [0.1, 0.15) is 38.2 Å². The maximum absolute atomic E-state index is 13.0. The SMILES string of the molecule is CC1CCC(C(=O)Cc2cc(Cl)ccc2Cl)(N(C)C)CC1. The van der Waals surface area contributed by atoms with Crippen LogP contribution in [0, 0.1) is 5.92 Å².